The van der Waals surface area contributed by atoms with E-state index in [1.165, 1.54) is 6.20 Å². The molecule has 0 saturated carbocycles. The summed E-state index contributed by atoms with van der Waals surface area (Å²) in [6.07, 6.45) is 3.96. The van der Waals surface area contributed by atoms with Crippen LogP contribution in [0.2, 0.25) is 0 Å². The van der Waals surface area contributed by atoms with Gasteiger partial charge in [-0.05, 0) is 56.7 Å². The smallest absolute Gasteiger partial charge is 0.319 e. The largest absolute Gasteiger partial charge is 0.457 e. The van der Waals surface area contributed by atoms with Crippen molar-refractivity contribution in [2.24, 2.45) is 0 Å². The number of carbonyl (C=O) groups is 1. The number of nitrogens with one attached hydrogen (secondary N) is 3. The number of aromatic nitrogens is 2. The van der Waals surface area contributed by atoms with Crippen LogP contribution in [0.4, 0.5) is 21.9 Å². The van der Waals surface area contributed by atoms with Crippen molar-refractivity contribution in [1.82, 2.24) is 14.9 Å². The van der Waals surface area contributed by atoms with Crippen LogP contribution in [-0.4, -0.2) is 35.4 Å². The third kappa shape index (κ3) is 5.92. The van der Waals surface area contributed by atoms with Crippen molar-refractivity contribution in [2.75, 3.05) is 30.4 Å². The topological polar surface area (TPSA) is 113 Å². The normalized spacial score (nSPS) is 10.6. The number of nitrogens with zero attached hydrogens (tertiary/aromatic N) is 3. The van der Waals surface area contributed by atoms with Gasteiger partial charge in [0, 0.05) is 31.0 Å². The zero-order valence-electron chi connectivity index (χ0n) is 20.2. The number of anilines is 3. The molecule has 0 bridgehead atoms. The Labute approximate surface area is 209 Å². The number of fused-ring (bicyclic) bond motifs is 1. The number of urea groups is 1. The molecule has 184 valence electrons. The molecule has 9 heteroatoms. The van der Waals surface area contributed by atoms with Crippen molar-refractivity contribution < 1.29 is 14.3 Å². The minimum absolute atomic E-state index is 0.311. The van der Waals surface area contributed by atoms with Gasteiger partial charge in [0.2, 0.25) is 0 Å². The van der Waals surface area contributed by atoms with Crippen molar-refractivity contribution in [3.63, 3.8) is 0 Å². The molecule has 2 amide bonds. The number of para-hydroxylation sites is 1. The number of carbonyl (C=O) groups excluding carboxylic acids is 1. The van der Waals surface area contributed by atoms with Gasteiger partial charge in [0.25, 0.3) is 0 Å². The quantitative estimate of drug-likeness (QED) is 0.253. The van der Waals surface area contributed by atoms with Crippen LogP contribution in [0.5, 0.6) is 11.5 Å². The third-order valence-electron chi connectivity index (χ3n) is 5.48. The Morgan fingerprint density at radius 2 is 1.86 bits per heavy atom. The average Bonchev–Trinajstić information content (AvgIpc) is 3.21. The summed E-state index contributed by atoms with van der Waals surface area (Å²) in [5, 5.41) is 23.1. The van der Waals surface area contributed by atoms with E-state index < -0.39 is 0 Å². The molecule has 0 aliphatic carbocycles. The molecule has 2 heterocycles. The molecule has 2 aromatic carbocycles. The molecule has 36 heavy (non-hydrogen) atoms. The molecule has 0 aliphatic heterocycles. The summed E-state index contributed by atoms with van der Waals surface area (Å²) >= 11 is 0. The fraction of sp³-hybridized carbons (Fsp3) is 0.222. The number of amides is 2. The molecule has 2 aromatic heterocycles. The predicted molar refractivity (Wildman–Crippen MR) is 139 cm³/mol. The highest BCUT2D eigenvalue weighted by molar-refractivity contribution is 5.94. The molecule has 3 N–H and O–H groups in total. The lowest BCUT2D eigenvalue weighted by atomic mass is 10.1. The molecule has 0 atom stereocenters. The van der Waals surface area contributed by atoms with E-state index in [1.54, 1.807) is 10.7 Å². The van der Waals surface area contributed by atoms with E-state index >= 15 is 0 Å². The zero-order valence-corrected chi connectivity index (χ0v) is 20.2. The summed E-state index contributed by atoms with van der Waals surface area (Å²) < 4.78 is 12.8. The van der Waals surface area contributed by atoms with E-state index in [0.717, 1.165) is 23.4 Å². The number of rotatable bonds is 10. The molecule has 4 aromatic rings. The van der Waals surface area contributed by atoms with Crippen LogP contribution in [0.1, 0.15) is 24.5 Å². The van der Waals surface area contributed by atoms with E-state index in [4.69, 9.17) is 9.47 Å². The predicted octanol–water partition coefficient (Wildman–Crippen LogP) is 5.60. The van der Waals surface area contributed by atoms with Crippen LogP contribution < -0.4 is 20.7 Å². The molecule has 0 unspecified atom stereocenters. The first kappa shape index (κ1) is 24.6. The summed E-state index contributed by atoms with van der Waals surface area (Å²) in [4.78, 5) is 12.4. The summed E-state index contributed by atoms with van der Waals surface area (Å²) in [5.74, 6) is 1.45. The van der Waals surface area contributed by atoms with Gasteiger partial charge < -0.3 is 25.4 Å². The van der Waals surface area contributed by atoms with Crippen LogP contribution in [0.25, 0.3) is 5.52 Å². The monoisotopic (exact) mass is 484 g/mol. The van der Waals surface area contributed by atoms with Gasteiger partial charge in [-0.2, -0.15) is 10.4 Å². The van der Waals surface area contributed by atoms with Gasteiger partial charge >= 0.3 is 6.03 Å². The Morgan fingerprint density at radius 3 is 2.58 bits per heavy atom. The fourth-order valence-corrected chi connectivity index (χ4v) is 3.69. The molecular formula is C27H28N6O3. The first-order chi connectivity index (χ1) is 17.6. The SMILES string of the molecule is CCOCCCNC(=O)Nc1cn2ncc(C#N)c(Nc3ccc(Oc4ccccc4)cc3)c2c1C. The minimum atomic E-state index is -0.311. The molecule has 0 fully saturated rings. The van der Waals surface area contributed by atoms with Gasteiger partial charge in [-0.3, -0.25) is 0 Å². The van der Waals surface area contributed by atoms with E-state index in [1.807, 2.05) is 68.4 Å². The third-order valence-corrected chi connectivity index (χ3v) is 5.48. The van der Waals surface area contributed by atoms with E-state index in [2.05, 4.69) is 27.1 Å². The Balaban J connectivity index is 1.51. The van der Waals surface area contributed by atoms with Gasteiger partial charge in [-0.25, -0.2) is 9.31 Å². The standard InChI is InChI=1S/C27H28N6O3/c1-3-35-15-7-14-29-27(34)32-24-18-33-26(19(24)2)25(20(16-28)17-30-33)31-21-10-12-23(13-11-21)36-22-8-5-4-6-9-22/h4-6,8-13,17-18,31H,3,7,14-15H2,1-2H3,(H2,29,32,34). The fourth-order valence-electron chi connectivity index (χ4n) is 3.69. The molecule has 4 rings (SSSR count). The number of ether oxygens (including phenoxy) is 2. The maximum atomic E-state index is 12.4. The van der Waals surface area contributed by atoms with Gasteiger partial charge in [-0.1, -0.05) is 18.2 Å². The van der Waals surface area contributed by atoms with Crippen molar-refractivity contribution in [3.05, 3.63) is 78.1 Å². The summed E-state index contributed by atoms with van der Waals surface area (Å²) in [6, 6.07) is 18.9. The Morgan fingerprint density at radius 1 is 1.11 bits per heavy atom. The first-order valence-electron chi connectivity index (χ1n) is 11.7. The number of nitriles is 1. The molecule has 0 spiro atoms. The Hall–Kier alpha value is -4.55. The van der Waals surface area contributed by atoms with Crippen LogP contribution in [0.3, 0.4) is 0 Å². The Kier molecular flexibility index (Phi) is 8.01. The van der Waals surface area contributed by atoms with Crippen molar-refractivity contribution in [1.29, 1.82) is 5.26 Å². The molecule has 9 nitrogen and oxygen atoms in total. The zero-order chi connectivity index (χ0) is 25.3. The van der Waals surface area contributed by atoms with Crippen LogP contribution >= 0.6 is 0 Å². The second-order valence-electron chi connectivity index (χ2n) is 8.00. The maximum absolute atomic E-state index is 12.4. The van der Waals surface area contributed by atoms with Gasteiger partial charge in [0.1, 0.15) is 17.6 Å². The van der Waals surface area contributed by atoms with Gasteiger partial charge in [0.05, 0.1) is 34.8 Å². The number of hydrogen-bond acceptors (Lipinski definition) is 6. The molecule has 0 radical (unpaired) electrons. The minimum Gasteiger partial charge on any atom is -0.457 e. The second kappa shape index (κ2) is 11.7. The van der Waals surface area contributed by atoms with Gasteiger partial charge in [-0.15, -0.1) is 0 Å². The van der Waals surface area contributed by atoms with E-state index in [-0.39, 0.29) is 6.03 Å². The molecule has 0 saturated heterocycles. The lowest BCUT2D eigenvalue weighted by Gasteiger charge is -2.12. The summed E-state index contributed by atoms with van der Waals surface area (Å²) in [5.41, 5.74) is 3.87. The molecule has 0 aliphatic rings. The summed E-state index contributed by atoms with van der Waals surface area (Å²) in [7, 11) is 0. The average molecular weight is 485 g/mol. The molecular weight excluding hydrogens is 456 g/mol. The highest BCUT2D eigenvalue weighted by Crippen LogP contribution is 2.33. The van der Waals surface area contributed by atoms with Crippen LogP contribution in [0.15, 0.2) is 67.0 Å². The van der Waals surface area contributed by atoms with Crippen molar-refractivity contribution in [3.8, 4) is 17.6 Å². The van der Waals surface area contributed by atoms with Gasteiger partial charge in [0.15, 0.2) is 0 Å². The highest BCUT2D eigenvalue weighted by Gasteiger charge is 2.17. The van der Waals surface area contributed by atoms with E-state index in [9.17, 15) is 10.1 Å². The first-order valence-corrected chi connectivity index (χ1v) is 11.7. The maximum Gasteiger partial charge on any atom is 0.319 e. The van der Waals surface area contributed by atoms with Crippen LogP contribution in [0, 0.1) is 18.3 Å². The lowest BCUT2D eigenvalue weighted by Crippen LogP contribution is -2.30. The number of aryl methyl sites for hydroxylation is 1. The number of hydrogen-bond donors (Lipinski definition) is 3. The Bertz CT molecular complexity index is 1360. The highest BCUT2D eigenvalue weighted by atomic mass is 16.5. The van der Waals surface area contributed by atoms with Crippen molar-refractivity contribution in [2.45, 2.75) is 20.3 Å². The van der Waals surface area contributed by atoms with Crippen molar-refractivity contribution >= 4 is 28.6 Å². The number of benzene rings is 2. The second-order valence-corrected chi connectivity index (χ2v) is 8.00. The van der Waals surface area contributed by atoms with Crippen LogP contribution in [-0.2, 0) is 4.74 Å². The van der Waals surface area contributed by atoms with E-state index in [0.29, 0.717) is 48.0 Å². The lowest BCUT2D eigenvalue weighted by molar-refractivity contribution is 0.145. The summed E-state index contributed by atoms with van der Waals surface area (Å²) in [6.45, 7) is 5.57.